The maximum Gasteiger partial charge on any atom is 0.180 e. The molecule has 1 heterocycles. The molecule has 0 spiro atoms. The monoisotopic (exact) mass is 247 g/mol. The van der Waals surface area contributed by atoms with Crippen LogP contribution in [0.15, 0.2) is 16.8 Å². The number of ketones is 1. The molecule has 86 valence electrons. The van der Waals surface area contributed by atoms with Crippen molar-refractivity contribution in [2.45, 2.75) is 39.3 Å². The normalized spacial score (nSPS) is 13.1. The highest BCUT2D eigenvalue weighted by atomic mass is 35.5. The van der Waals surface area contributed by atoms with Crippen molar-refractivity contribution in [3.8, 4) is 0 Å². The van der Waals surface area contributed by atoms with Gasteiger partial charge in [-0.3, -0.25) is 4.79 Å². The van der Waals surface area contributed by atoms with E-state index in [4.69, 9.17) is 0 Å². The maximum atomic E-state index is 11.8. The van der Waals surface area contributed by atoms with Crippen molar-refractivity contribution in [2.24, 2.45) is 0 Å². The van der Waals surface area contributed by atoms with Gasteiger partial charge in [0.2, 0.25) is 0 Å². The lowest BCUT2D eigenvalue weighted by Crippen LogP contribution is -2.45. The minimum Gasteiger partial charge on any atom is -0.303 e. The zero-order valence-corrected chi connectivity index (χ0v) is 11.2. The molecule has 0 aliphatic rings. The van der Waals surface area contributed by atoms with Gasteiger partial charge in [-0.05, 0) is 39.1 Å². The number of thiophene rings is 1. The topological polar surface area (TPSA) is 29.1 Å². The number of halogens is 1. The molecule has 0 bridgehead atoms. The first-order valence-corrected chi connectivity index (χ1v) is 5.68. The third-order valence-corrected chi connectivity index (χ3v) is 2.53. The highest BCUT2D eigenvalue weighted by Crippen LogP contribution is 2.10. The molecule has 1 N–H and O–H groups in total. The Balaban J connectivity index is 0.00000196. The second-order valence-corrected chi connectivity index (χ2v) is 5.27. The average Bonchev–Trinajstić information content (AvgIpc) is 2.51. The number of Topliss-reactive ketones (excluding diaryl/α,β-unsaturated/α-hetero) is 1. The van der Waals surface area contributed by atoms with Gasteiger partial charge in [0.25, 0.3) is 0 Å². The molecule has 1 unspecified atom stereocenters. The molecule has 0 aliphatic carbocycles. The molecule has 2 nitrogen and oxygen atoms in total. The van der Waals surface area contributed by atoms with Gasteiger partial charge >= 0.3 is 0 Å². The van der Waals surface area contributed by atoms with Crippen LogP contribution >= 0.6 is 23.7 Å². The molecular weight excluding hydrogens is 230 g/mol. The van der Waals surface area contributed by atoms with E-state index in [2.05, 4.69) is 26.1 Å². The largest absolute Gasteiger partial charge is 0.303 e. The average molecular weight is 248 g/mol. The van der Waals surface area contributed by atoms with Crippen LogP contribution in [0.4, 0.5) is 0 Å². The molecule has 1 aromatic rings. The van der Waals surface area contributed by atoms with E-state index in [9.17, 15) is 4.79 Å². The Kier molecular flexibility index (Phi) is 5.49. The summed E-state index contributed by atoms with van der Waals surface area (Å²) in [7, 11) is 0. The molecule has 1 aromatic heterocycles. The molecule has 0 aliphatic heterocycles. The Bertz CT molecular complexity index is 303. The standard InChI is InChI=1S/C11H17NOS.ClH/c1-8(12-11(2,3)4)10(13)9-5-6-14-7-9;/h5-8,12H,1-4H3;1H. The van der Waals surface area contributed by atoms with Gasteiger partial charge in [-0.2, -0.15) is 11.3 Å². The van der Waals surface area contributed by atoms with E-state index in [1.54, 1.807) is 11.3 Å². The number of hydrogen-bond acceptors (Lipinski definition) is 3. The summed E-state index contributed by atoms with van der Waals surface area (Å²) in [5.41, 5.74) is 0.782. The quantitative estimate of drug-likeness (QED) is 0.832. The third-order valence-electron chi connectivity index (χ3n) is 1.85. The Morgan fingerprint density at radius 2 is 2.07 bits per heavy atom. The Morgan fingerprint density at radius 3 is 2.47 bits per heavy atom. The maximum absolute atomic E-state index is 11.8. The first-order chi connectivity index (χ1) is 6.40. The van der Waals surface area contributed by atoms with Crippen LogP contribution in [-0.2, 0) is 0 Å². The van der Waals surface area contributed by atoms with Crippen LogP contribution in [0.3, 0.4) is 0 Å². The van der Waals surface area contributed by atoms with Crippen molar-refractivity contribution in [1.29, 1.82) is 0 Å². The van der Waals surface area contributed by atoms with Crippen molar-refractivity contribution in [1.82, 2.24) is 5.32 Å². The van der Waals surface area contributed by atoms with Crippen LogP contribution in [0.1, 0.15) is 38.1 Å². The first kappa shape index (κ1) is 14.6. The van der Waals surface area contributed by atoms with Gasteiger partial charge < -0.3 is 5.32 Å². The van der Waals surface area contributed by atoms with Crippen LogP contribution in [0.25, 0.3) is 0 Å². The van der Waals surface area contributed by atoms with Gasteiger partial charge in [0.1, 0.15) is 0 Å². The number of rotatable bonds is 3. The van der Waals surface area contributed by atoms with Crippen LogP contribution < -0.4 is 5.32 Å². The fourth-order valence-electron chi connectivity index (χ4n) is 1.37. The minimum atomic E-state index is -0.121. The summed E-state index contributed by atoms with van der Waals surface area (Å²) < 4.78 is 0. The predicted octanol–water partition coefficient (Wildman–Crippen LogP) is 3.13. The fourth-order valence-corrected chi connectivity index (χ4v) is 2.01. The lowest BCUT2D eigenvalue weighted by Gasteiger charge is -2.24. The molecule has 1 atom stereocenters. The lowest BCUT2D eigenvalue weighted by molar-refractivity contribution is 0.0936. The summed E-state index contributed by atoms with van der Waals surface area (Å²) in [6.07, 6.45) is 0. The third kappa shape index (κ3) is 4.78. The number of hydrogen-bond donors (Lipinski definition) is 1. The molecule has 15 heavy (non-hydrogen) atoms. The molecule has 0 aromatic carbocycles. The van der Waals surface area contributed by atoms with Gasteiger partial charge in [-0.25, -0.2) is 0 Å². The summed E-state index contributed by atoms with van der Waals surface area (Å²) in [4.78, 5) is 11.8. The Labute approximate surface area is 101 Å². The number of carbonyl (C=O) groups excluding carboxylic acids is 1. The van der Waals surface area contributed by atoms with Crippen LogP contribution in [0.2, 0.25) is 0 Å². The van der Waals surface area contributed by atoms with E-state index in [1.807, 2.05) is 23.8 Å². The Morgan fingerprint density at radius 1 is 1.47 bits per heavy atom. The van der Waals surface area contributed by atoms with Crippen LogP contribution in [0.5, 0.6) is 0 Å². The highest BCUT2D eigenvalue weighted by Gasteiger charge is 2.20. The molecule has 0 saturated heterocycles. The van der Waals surface area contributed by atoms with Gasteiger partial charge in [0.05, 0.1) is 6.04 Å². The van der Waals surface area contributed by atoms with Crippen molar-refractivity contribution in [2.75, 3.05) is 0 Å². The highest BCUT2D eigenvalue weighted by molar-refractivity contribution is 7.08. The summed E-state index contributed by atoms with van der Waals surface area (Å²) in [6, 6.07) is 1.75. The summed E-state index contributed by atoms with van der Waals surface area (Å²) in [6.45, 7) is 8.09. The second kappa shape index (κ2) is 5.64. The summed E-state index contributed by atoms with van der Waals surface area (Å²) >= 11 is 1.55. The van der Waals surface area contributed by atoms with Crippen molar-refractivity contribution < 1.29 is 4.79 Å². The smallest absolute Gasteiger partial charge is 0.180 e. The molecule has 1 rings (SSSR count). The van der Waals surface area contributed by atoms with E-state index in [-0.39, 0.29) is 29.8 Å². The van der Waals surface area contributed by atoms with Gasteiger partial charge in [-0.15, -0.1) is 12.4 Å². The number of nitrogens with one attached hydrogen (secondary N) is 1. The van der Waals surface area contributed by atoms with Crippen LogP contribution in [0, 0.1) is 0 Å². The molecule has 0 saturated carbocycles. The molecule has 4 heteroatoms. The van der Waals surface area contributed by atoms with Crippen LogP contribution in [-0.4, -0.2) is 17.4 Å². The summed E-state index contributed by atoms with van der Waals surface area (Å²) in [5.74, 6) is 0.168. The molecule has 0 amide bonds. The van der Waals surface area contributed by atoms with Crippen molar-refractivity contribution in [3.63, 3.8) is 0 Å². The van der Waals surface area contributed by atoms with Gasteiger partial charge in [0, 0.05) is 16.5 Å². The van der Waals surface area contributed by atoms with E-state index in [0.717, 1.165) is 5.56 Å². The fraction of sp³-hybridized carbons (Fsp3) is 0.545. The van der Waals surface area contributed by atoms with Crippen molar-refractivity contribution in [3.05, 3.63) is 22.4 Å². The van der Waals surface area contributed by atoms with Gasteiger partial charge in [-0.1, -0.05) is 0 Å². The number of carbonyl (C=O) groups is 1. The first-order valence-electron chi connectivity index (χ1n) is 4.74. The molecule has 0 fully saturated rings. The van der Waals surface area contributed by atoms with E-state index < -0.39 is 0 Å². The SMILES string of the molecule is CC(NC(C)(C)C)C(=O)c1ccsc1.Cl. The van der Waals surface area contributed by atoms with E-state index in [1.165, 1.54) is 0 Å². The lowest BCUT2D eigenvalue weighted by atomic mass is 10.0. The predicted molar refractivity (Wildman–Crippen MR) is 68.2 cm³/mol. The zero-order chi connectivity index (χ0) is 10.8. The Hall–Kier alpha value is -0.380. The molecular formula is C11H18ClNOS. The van der Waals surface area contributed by atoms with E-state index >= 15 is 0 Å². The molecule has 0 radical (unpaired) electrons. The van der Waals surface area contributed by atoms with Gasteiger partial charge in [0.15, 0.2) is 5.78 Å². The van der Waals surface area contributed by atoms with E-state index in [0.29, 0.717) is 0 Å². The van der Waals surface area contributed by atoms with Crippen molar-refractivity contribution >= 4 is 29.5 Å². The second-order valence-electron chi connectivity index (χ2n) is 4.49. The zero-order valence-electron chi connectivity index (χ0n) is 9.53. The summed E-state index contributed by atoms with van der Waals surface area (Å²) in [5, 5.41) is 7.08. The minimum absolute atomic E-state index is 0.